The monoisotopic (exact) mass is 370 g/mol. The molecule has 0 amide bonds. The van der Waals surface area contributed by atoms with Gasteiger partial charge in [0, 0.05) is 19.5 Å². The molecule has 2 aromatic carbocycles. The van der Waals surface area contributed by atoms with Crippen molar-refractivity contribution in [1.29, 1.82) is 0 Å². The molecule has 1 heterocycles. The Bertz CT molecular complexity index is 917. The van der Waals surface area contributed by atoms with Gasteiger partial charge in [-0.1, -0.05) is 42.5 Å². The minimum atomic E-state index is -0.215. The molecule has 0 saturated carbocycles. The van der Waals surface area contributed by atoms with Gasteiger partial charge in [-0.05, 0) is 49.4 Å². The smallest absolute Gasteiger partial charge is 0.199 e. The van der Waals surface area contributed by atoms with Crippen LogP contribution in [0.2, 0.25) is 0 Å². The number of nitrogens with zero attached hydrogens (tertiary/aromatic N) is 4. The molecule has 1 aromatic heterocycles. The average molecular weight is 370 g/mol. The van der Waals surface area contributed by atoms with Crippen molar-refractivity contribution >= 4 is 12.2 Å². The maximum atomic E-state index is 13.4. The molecule has 3 rings (SSSR count). The zero-order chi connectivity index (χ0) is 18.5. The van der Waals surface area contributed by atoms with Crippen molar-refractivity contribution in [2.24, 2.45) is 0 Å². The zero-order valence-electron chi connectivity index (χ0n) is 15.1. The lowest BCUT2D eigenvalue weighted by molar-refractivity contribution is 0.243. The third kappa shape index (κ3) is 4.45. The van der Waals surface area contributed by atoms with Crippen LogP contribution in [0.15, 0.2) is 54.6 Å². The van der Waals surface area contributed by atoms with Crippen molar-refractivity contribution in [1.82, 2.24) is 19.2 Å². The number of halogens is 1. The largest absolute Gasteiger partial charge is 0.304 e. The molecule has 0 aliphatic heterocycles. The molecule has 0 bridgehead atoms. The van der Waals surface area contributed by atoms with Gasteiger partial charge < -0.3 is 4.57 Å². The van der Waals surface area contributed by atoms with E-state index in [0.717, 1.165) is 24.4 Å². The third-order valence-corrected chi connectivity index (χ3v) is 4.67. The minimum absolute atomic E-state index is 0.215. The lowest BCUT2D eigenvalue weighted by Gasteiger charge is -2.16. The van der Waals surface area contributed by atoms with E-state index in [1.165, 1.54) is 11.6 Å². The second-order valence-electron chi connectivity index (χ2n) is 6.39. The van der Waals surface area contributed by atoms with Crippen molar-refractivity contribution in [2.75, 3.05) is 7.05 Å². The molecule has 0 radical (unpaired) electrons. The van der Waals surface area contributed by atoms with Crippen molar-refractivity contribution in [3.8, 4) is 0 Å². The van der Waals surface area contributed by atoms with Crippen LogP contribution in [0.3, 0.4) is 0 Å². The molecule has 0 fully saturated rings. The quantitative estimate of drug-likeness (QED) is 0.582. The number of hydrogen-bond donors (Lipinski definition) is 0. The normalized spacial score (nSPS) is 11.2. The summed E-state index contributed by atoms with van der Waals surface area (Å²) in [6.45, 7) is 4.05. The molecule has 0 unspecified atom stereocenters. The number of hydrogen-bond acceptors (Lipinski definition) is 3. The first kappa shape index (κ1) is 18.5. The Morgan fingerprint density at radius 1 is 1.08 bits per heavy atom. The Hall–Kier alpha value is -2.31. The van der Waals surface area contributed by atoms with Gasteiger partial charge in [0.15, 0.2) is 4.77 Å². The Labute approximate surface area is 158 Å². The number of aromatic nitrogens is 3. The van der Waals surface area contributed by atoms with Gasteiger partial charge in [-0.25, -0.2) is 9.07 Å². The zero-order valence-corrected chi connectivity index (χ0v) is 15.9. The molecule has 0 spiro atoms. The summed E-state index contributed by atoms with van der Waals surface area (Å²) < 4.78 is 18.0. The van der Waals surface area contributed by atoms with Crippen LogP contribution < -0.4 is 0 Å². The van der Waals surface area contributed by atoms with E-state index in [9.17, 15) is 4.39 Å². The van der Waals surface area contributed by atoms with Gasteiger partial charge in [0.2, 0.25) is 0 Å². The first-order valence-corrected chi connectivity index (χ1v) is 9.11. The highest BCUT2D eigenvalue weighted by Crippen LogP contribution is 2.11. The highest BCUT2D eigenvalue weighted by molar-refractivity contribution is 7.71. The minimum Gasteiger partial charge on any atom is -0.304 e. The van der Waals surface area contributed by atoms with Crippen LogP contribution in [0, 0.1) is 10.6 Å². The summed E-state index contributed by atoms with van der Waals surface area (Å²) in [7, 11) is 1.98. The summed E-state index contributed by atoms with van der Waals surface area (Å²) in [4.78, 5) is 2.07. The molecular formula is C20H23FN4S. The van der Waals surface area contributed by atoms with Crippen LogP contribution in [-0.2, 0) is 26.2 Å². The molecular weight excluding hydrogens is 347 g/mol. The highest BCUT2D eigenvalue weighted by Gasteiger charge is 2.12. The molecule has 3 aromatic rings. The van der Waals surface area contributed by atoms with Crippen LogP contribution in [0.4, 0.5) is 4.39 Å². The van der Waals surface area contributed by atoms with Gasteiger partial charge in [-0.3, -0.25) is 4.90 Å². The lowest BCUT2D eigenvalue weighted by atomic mass is 10.1. The predicted octanol–water partition coefficient (Wildman–Crippen LogP) is 4.25. The third-order valence-electron chi connectivity index (χ3n) is 4.24. The van der Waals surface area contributed by atoms with E-state index in [1.54, 1.807) is 12.1 Å². The molecule has 26 heavy (non-hydrogen) atoms. The lowest BCUT2D eigenvalue weighted by Crippen LogP contribution is -2.22. The van der Waals surface area contributed by atoms with Gasteiger partial charge in [-0.15, -0.1) is 0 Å². The first-order chi connectivity index (χ1) is 12.6. The van der Waals surface area contributed by atoms with Crippen molar-refractivity contribution < 1.29 is 4.39 Å². The molecule has 4 nitrogen and oxygen atoms in total. The van der Waals surface area contributed by atoms with Crippen LogP contribution in [0.5, 0.6) is 0 Å². The molecule has 0 aliphatic carbocycles. The van der Waals surface area contributed by atoms with Crippen LogP contribution in [-0.4, -0.2) is 26.3 Å². The Kier molecular flexibility index (Phi) is 5.96. The fourth-order valence-electron chi connectivity index (χ4n) is 3.03. The standard InChI is InChI=1S/C20H23FN4S/c1-3-24-19(13-16-8-5-4-6-9-16)22-25(20(24)26)15-23(2)14-17-10-7-11-18(21)12-17/h4-12H,3,13-15H2,1-2H3. The summed E-state index contributed by atoms with van der Waals surface area (Å²) in [5.41, 5.74) is 2.14. The maximum absolute atomic E-state index is 13.4. The topological polar surface area (TPSA) is 26.0 Å². The summed E-state index contributed by atoms with van der Waals surface area (Å²) in [5, 5.41) is 4.73. The Balaban J connectivity index is 1.76. The second kappa shape index (κ2) is 8.38. The summed E-state index contributed by atoms with van der Waals surface area (Å²) in [6, 6.07) is 16.9. The van der Waals surface area contributed by atoms with Crippen molar-refractivity contribution in [3.63, 3.8) is 0 Å². The predicted molar refractivity (Wildman–Crippen MR) is 104 cm³/mol. The SMILES string of the molecule is CCn1c(Cc2ccccc2)nn(CN(C)Cc2cccc(F)c2)c1=S. The van der Waals surface area contributed by atoms with Gasteiger partial charge in [-0.2, -0.15) is 5.10 Å². The number of rotatable bonds is 7. The molecule has 0 atom stereocenters. The summed E-state index contributed by atoms with van der Waals surface area (Å²) in [5.74, 6) is 0.746. The fourth-order valence-corrected chi connectivity index (χ4v) is 3.36. The van der Waals surface area contributed by atoms with Crippen LogP contribution in [0.1, 0.15) is 23.9 Å². The second-order valence-corrected chi connectivity index (χ2v) is 6.76. The molecule has 136 valence electrons. The van der Waals surface area contributed by atoms with E-state index < -0.39 is 0 Å². The highest BCUT2D eigenvalue weighted by atomic mass is 32.1. The maximum Gasteiger partial charge on any atom is 0.199 e. The Morgan fingerprint density at radius 3 is 2.50 bits per heavy atom. The number of benzene rings is 2. The van der Waals surface area contributed by atoms with E-state index in [4.69, 9.17) is 17.3 Å². The fraction of sp³-hybridized carbons (Fsp3) is 0.300. The molecule has 0 N–H and O–H groups in total. The van der Waals surface area contributed by atoms with Crippen molar-refractivity contribution in [3.05, 3.63) is 82.1 Å². The van der Waals surface area contributed by atoms with E-state index in [1.807, 2.05) is 36.0 Å². The van der Waals surface area contributed by atoms with Gasteiger partial charge in [0.1, 0.15) is 11.6 Å². The summed E-state index contributed by atoms with van der Waals surface area (Å²) in [6.07, 6.45) is 0.749. The van der Waals surface area contributed by atoms with E-state index in [-0.39, 0.29) is 5.82 Å². The van der Waals surface area contributed by atoms with E-state index in [2.05, 4.69) is 28.5 Å². The summed E-state index contributed by atoms with van der Waals surface area (Å²) >= 11 is 5.61. The first-order valence-electron chi connectivity index (χ1n) is 8.70. The van der Waals surface area contributed by atoms with Crippen molar-refractivity contribution in [2.45, 2.75) is 33.1 Å². The molecule has 6 heteroatoms. The average Bonchev–Trinajstić information content (AvgIpc) is 2.90. The van der Waals surface area contributed by atoms with Gasteiger partial charge >= 0.3 is 0 Å². The van der Waals surface area contributed by atoms with E-state index in [0.29, 0.717) is 18.0 Å². The molecule has 0 saturated heterocycles. The van der Waals surface area contributed by atoms with Crippen LogP contribution >= 0.6 is 12.2 Å². The van der Waals surface area contributed by atoms with Gasteiger partial charge in [0.25, 0.3) is 0 Å². The Morgan fingerprint density at radius 2 is 1.81 bits per heavy atom. The van der Waals surface area contributed by atoms with Gasteiger partial charge in [0.05, 0.1) is 6.67 Å². The van der Waals surface area contributed by atoms with Crippen LogP contribution in [0.25, 0.3) is 0 Å². The van der Waals surface area contributed by atoms with E-state index >= 15 is 0 Å². The molecule has 0 aliphatic rings.